The minimum Gasteiger partial charge on any atom is -0.477 e. The maximum absolute atomic E-state index is 11.1. The van der Waals surface area contributed by atoms with E-state index in [1.54, 1.807) is 0 Å². The number of hydrogen-bond donors (Lipinski definition) is 2. The Balaban J connectivity index is 2.12. The van der Waals surface area contributed by atoms with Crippen molar-refractivity contribution >= 4 is 34.8 Å². The third-order valence-corrected chi connectivity index (χ3v) is 3.92. The van der Waals surface area contributed by atoms with Crippen LogP contribution in [-0.2, 0) is 5.75 Å². The fourth-order valence-electron chi connectivity index (χ4n) is 1.95. The Morgan fingerprint density at radius 1 is 1.24 bits per heavy atom. The Kier molecular flexibility index (Phi) is 6.24. The topological polar surface area (TPSA) is 131 Å². The van der Waals surface area contributed by atoms with Crippen molar-refractivity contribution in [2.24, 2.45) is 15.9 Å². The average molecular weight is 358 g/mol. The van der Waals surface area contributed by atoms with Crippen LogP contribution in [0.3, 0.4) is 0 Å². The second kappa shape index (κ2) is 8.60. The molecule has 2 aromatic rings. The molecule has 2 aromatic carbocycles. The summed E-state index contributed by atoms with van der Waals surface area (Å²) in [4.78, 5) is 21.4. The fraction of sp³-hybridized carbons (Fsp3) is 0.0625. The molecule has 0 bridgehead atoms. The van der Waals surface area contributed by atoms with Crippen LogP contribution in [0.4, 0.5) is 5.69 Å². The number of aromatic carboxylic acids is 1. The Morgan fingerprint density at radius 2 is 1.96 bits per heavy atom. The van der Waals surface area contributed by atoms with Crippen molar-refractivity contribution < 1.29 is 14.8 Å². The highest BCUT2D eigenvalue weighted by Gasteiger charge is 2.22. The molecule has 0 radical (unpaired) electrons. The van der Waals surface area contributed by atoms with Gasteiger partial charge in [0.25, 0.3) is 5.69 Å². The quantitative estimate of drug-likeness (QED) is 0.353. The monoisotopic (exact) mass is 358 g/mol. The van der Waals surface area contributed by atoms with Crippen molar-refractivity contribution in [1.29, 1.82) is 0 Å². The number of rotatable bonds is 6. The van der Waals surface area contributed by atoms with Crippen molar-refractivity contribution in [3.05, 3.63) is 75.3 Å². The van der Waals surface area contributed by atoms with Crippen molar-refractivity contribution in [3.63, 3.8) is 0 Å². The zero-order chi connectivity index (χ0) is 18.2. The minimum absolute atomic E-state index is 0.0366. The molecule has 0 saturated heterocycles. The summed E-state index contributed by atoms with van der Waals surface area (Å²) in [5.41, 5.74) is 5.89. The molecule has 0 spiro atoms. The first-order valence-corrected chi connectivity index (χ1v) is 8.01. The minimum atomic E-state index is -1.39. The van der Waals surface area contributed by atoms with Crippen LogP contribution in [0.15, 0.2) is 58.7 Å². The zero-order valence-corrected chi connectivity index (χ0v) is 13.7. The molecular weight excluding hydrogens is 344 g/mol. The summed E-state index contributed by atoms with van der Waals surface area (Å²) in [6, 6.07) is 13.6. The molecule has 0 aromatic heterocycles. The lowest BCUT2D eigenvalue weighted by Gasteiger charge is -2.01. The maximum Gasteiger partial charge on any atom is 0.342 e. The molecule has 0 aliphatic heterocycles. The van der Waals surface area contributed by atoms with E-state index in [1.807, 2.05) is 30.3 Å². The van der Waals surface area contributed by atoms with Crippen molar-refractivity contribution in [2.45, 2.75) is 5.75 Å². The van der Waals surface area contributed by atoms with E-state index >= 15 is 0 Å². The molecular formula is C16H14N4O4S. The van der Waals surface area contributed by atoms with Gasteiger partial charge in [0, 0.05) is 5.75 Å². The van der Waals surface area contributed by atoms with Gasteiger partial charge < -0.3 is 10.8 Å². The van der Waals surface area contributed by atoms with Gasteiger partial charge in [0.2, 0.25) is 0 Å². The lowest BCUT2D eigenvalue weighted by atomic mass is 10.1. The summed E-state index contributed by atoms with van der Waals surface area (Å²) in [6.45, 7) is 0. The van der Waals surface area contributed by atoms with Gasteiger partial charge in [-0.2, -0.15) is 5.10 Å². The smallest absolute Gasteiger partial charge is 0.342 e. The Labute approximate surface area is 147 Å². The molecule has 128 valence electrons. The Hall–Kier alpha value is -3.20. The van der Waals surface area contributed by atoms with Gasteiger partial charge in [0.1, 0.15) is 5.56 Å². The first-order valence-electron chi connectivity index (χ1n) is 7.03. The molecule has 0 amide bonds. The maximum atomic E-state index is 11.1. The first kappa shape index (κ1) is 18.1. The molecule has 3 N–H and O–H groups in total. The highest BCUT2D eigenvalue weighted by Crippen LogP contribution is 2.22. The molecule has 8 nitrogen and oxygen atoms in total. The normalized spacial score (nSPS) is 11.6. The van der Waals surface area contributed by atoms with Gasteiger partial charge >= 0.3 is 5.97 Å². The van der Waals surface area contributed by atoms with Crippen LogP contribution in [0.1, 0.15) is 21.5 Å². The summed E-state index contributed by atoms with van der Waals surface area (Å²) in [7, 11) is 0. The number of benzene rings is 2. The number of para-hydroxylation sites is 1. The lowest BCUT2D eigenvalue weighted by molar-refractivity contribution is -0.385. The Morgan fingerprint density at radius 3 is 2.60 bits per heavy atom. The van der Waals surface area contributed by atoms with E-state index in [4.69, 9.17) is 10.8 Å². The Bertz CT molecular complexity index is 837. The van der Waals surface area contributed by atoms with Crippen LogP contribution in [0.25, 0.3) is 0 Å². The third-order valence-electron chi connectivity index (χ3n) is 3.06. The van der Waals surface area contributed by atoms with Crippen LogP contribution in [0.2, 0.25) is 0 Å². The van der Waals surface area contributed by atoms with Crippen LogP contribution in [0, 0.1) is 10.1 Å². The molecule has 0 unspecified atom stereocenters. The van der Waals surface area contributed by atoms with E-state index in [2.05, 4.69) is 10.2 Å². The van der Waals surface area contributed by atoms with Crippen molar-refractivity contribution in [1.82, 2.24) is 0 Å². The lowest BCUT2D eigenvalue weighted by Crippen LogP contribution is -2.07. The molecule has 0 atom stereocenters. The largest absolute Gasteiger partial charge is 0.477 e. The second-order valence-electron chi connectivity index (χ2n) is 4.76. The number of hydrogen-bond acceptors (Lipinski definition) is 6. The summed E-state index contributed by atoms with van der Waals surface area (Å²) >= 11 is 1.27. The van der Waals surface area contributed by atoms with E-state index in [1.165, 1.54) is 23.9 Å². The van der Waals surface area contributed by atoms with Gasteiger partial charge in [-0.3, -0.25) is 10.1 Å². The average Bonchev–Trinajstić information content (AvgIpc) is 2.60. The van der Waals surface area contributed by atoms with E-state index in [9.17, 15) is 14.9 Å². The van der Waals surface area contributed by atoms with Crippen LogP contribution >= 0.6 is 11.8 Å². The van der Waals surface area contributed by atoms with Gasteiger partial charge in [-0.25, -0.2) is 4.79 Å². The number of nitro groups is 1. The number of carbonyl (C=O) groups is 1. The zero-order valence-electron chi connectivity index (χ0n) is 12.9. The van der Waals surface area contributed by atoms with Crippen LogP contribution in [-0.4, -0.2) is 27.4 Å². The van der Waals surface area contributed by atoms with Gasteiger partial charge in [0.05, 0.1) is 16.7 Å². The van der Waals surface area contributed by atoms with E-state index in [0.29, 0.717) is 5.75 Å². The summed E-state index contributed by atoms with van der Waals surface area (Å²) in [5.74, 6) is -0.774. The van der Waals surface area contributed by atoms with Crippen LogP contribution < -0.4 is 5.73 Å². The molecule has 0 aliphatic carbocycles. The number of nitrogens with zero attached hydrogens (tertiary/aromatic N) is 3. The number of carboxylic acid groups (broad SMARTS) is 1. The number of nitro benzene ring substituents is 1. The fourth-order valence-corrected chi connectivity index (χ4v) is 2.56. The number of nitrogens with two attached hydrogens (primary N) is 1. The summed E-state index contributed by atoms with van der Waals surface area (Å²) in [6.07, 6.45) is 1.11. The molecule has 2 rings (SSSR count). The first-order chi connectivity index (χ1) is 12.0. The van der Waals surface area contributed by atoms with Crippen LogP contribution in [0.5, 0.6) is 0 Å². The van der Waals surface area contributed by atoms with Gasteiger partial charge in [-0.15, -0.1) is 5.10 Å². The molecule has 0 aliphatic rings. The number of carboxylic acids is 1. The highest BCUT2D eigenvalue weighted by atomic mass is 32.2. The predicted octanol–water partition coefficient (Wildman–Crippen LogP) is 2.88. The SMILES string of the molecule is NC(=NN=Cc1cccc(C(=O)O)c1[N+](=O)[O-])SCc1ccccc1. The summed E-state index contributed by atoms with van der Waals surface area (Å²) in [5, 5.41) is 27.8. The van der Waals surface area contributed by atoms with E-state index in [0.717, 1.165) is 17.8 Å². The van der Waals surface area contributed by atoms with Gasteiger partial charge in [-0.05, 0) is 17.7 Å². The van der Waals surface area contributed by atoms with Gasteiger partial charge in [0.15, 0.2) is 5.17 Å². The van der Waals surface area contributed by atoms with E-state index in [-0.39, 0.29) is 10.7 Å². The second-order valence-corrected chi connectivity index (χ2v) is 5.76. The molecule has 25 heavy (non-hydrogen) atoms. The van der Waals surface area contributed by atoms with Gasteiger partial charge in [-0.1, -0.05) is 48.2 Å². The molecule has 0 fully saturated rings. The van der Waals surface area contributed by atoms with Crippen molar-refractivity contribution in [3.8, 4) is 0 Å². The third kappa shape index (κ3) is 5.15. The summed E-state index contributed by atoms with van der Waals surface area (Å²) < 4.78 is 0. The standard InChI is InChI=1S/C16H14N4O4S/c17-16(25-10-11-5-2-1-3-6-11)19-18-9-12-7-4-8-13(15(21)22)14(12)20(23)24/h1-9H,10H2,(H2,17,19)(H,21,22). The predicted molar refractivity (Wildman–Crippen MR) is 97.0 cm³/mol. The number of thioether (sulfide) groups is 1. The van der Waals surface area contributed by atoms with Crippen molar-refractivity contribution in [2.75, 3.05) is 0 Å². The molecule has 9 heteroatoms. The molecule has 0 heterocycles. The highest BCUT2D eigenvalue weighted by molar-refractivity contribution is 8.13. The van der Waals surface area contributed by atoms with E-state index < -0.39 is 22.1 Å². The molecule has 0 saturated carbocycles. The number of amidine groups is 1.